The van der Waals surface area contributed by atoms with Gasteiger partial charge in [0.25, 0.3) is 0 Å². The minimum Gasteiger partial charge on any atom is -0.479 e. The van der Waals surface area contributed by atoms with E-state index >= 15 is 0 Å². The van der Waals surface area contributed by atoms with Gasteiger partial charge in [-0.15, -0.1) is 0 Å². The summed E-state index contributed by atoms with van der Waals surface area (Å²) in [5.74, 6) is 0.197. The van der Waals surface area contributed by atoms with Crippen LogP contribution in [0.1, 0.15) is 22.0 Å². The SMILES string of the molecule is O=C1c2cc(Cl)ccc2OC1C(O)C1OC1c1ccccc1. The largest absolute Gasteiger partial charge is 0.479 e. The van der Waals surface area contributed by atoms with Crippen molar-refractivity contribution in [3.05, 3.63) is 64.7 Å². The Hall–Kier alpha value is -1.88. The summed E-state index contributed by atoms with van der Waals surface area (Å²) in [6.07, 6.45) is -2.57. The van der Waals surface area contributed by atoms with Gasteiger partial charge < -0.3 is 14.6 Å². The van der Waals surface area contributed by atoms with E-state index in [-0.39, 0.29) is 11.9 Å². The first kappa shape index (κ1) is 13.8. The summed E-state index contributed by atoms with van der Waals surface area (Å²) in [4.78, 5) is 12.4. The summed E-state index contributed by atoms with van der Waals surface area (Å²) in [5.41, 5.74) is 1.39. The second-order valence-electron chi connectivity index (χ2n) is 5.47. The molecule has 0 aliphatic carbocycles. The van der Waals surface area contributed by atoms with Crippen molar-refractivity contribution in [1.29, 1.82) is 0 Å². The fraction of sp³-hybridized carbons (Fsp3) is 0.235. The van der Waals surface area contributed by atoms with Crippen molar-refractivity contribution in [3.8, 4) is 5.75 Å². The number of ketones is 1. The molecule has 4 atom stereocenters. The number of halogens is 1. The number of rotatable bonds is 3. The van der Waals surface area contributed by atoms with Crippen LogP contribution >= 0.6 is 11.6 Å². The first-order chi connectivity index (χ1) is 10.6. The quantitative estimate of drug-likeness (QED) is 0.885. The highest BCUT2D eigenvalue weighted by Crippen LogP contribution is 2.43. The van der Waals surface area contributed by atoms with Gasteiger partial charge in [-0.1, -0.05) is 41.9 Å². The van der Waals surface area contributed by atoms with E-state index < -0.39 is 18.3 Å². The Labute approximate surface area is 132 Å². The van der Waals surface area contributed by atoms with Crippen LogP contribution in [0.3, 0.4) is 0 Å². The lowest BCUT2D eigenvalue weighted by Crippen LogP contribution is -2.38. The molecule has 0 spiro atoms. The molecule has 5 heteroatoms. The minimum atomic E-state index is -1.01. The first-order valence-electron chi connectivity index (χ1n) is 7.04. The van der Waals surface area contributed by atoms with Crippen LogP contribution in [0, 0.1) is 0 Å². The fourth-order valence-electron chi connectivity index (χ4n) is 2.83. The van der Waals surface area contributed by atoms with Gasteiger partial charge in [-0.2, -0.15) is 0 Å². The predicted octanol–water partition coefficient (Wildman–Crippen LogP) is 2.78. The number of carbonyl (C=O) groups excluding carboxylic acids is 1. The van der Waals surface area contributed by atoms with E-state index in [0.29, 0.717) is 16.3 Å². The Balaban J connectivity index is 1.52. The topological polar surface area (TPSA) is 59.1 Å². The van der Waals surface area contributed by atoms with Gasteiger partial charge >= 0.3 is 0 Å². The van der Waals surface area contributed by atoms with E-state index in [0.717, 1.165) is 5.56 Å². The van der Waals surface area contributed by atoms with Crippen LogP contribution in [0.2, 0.25) is 5.02 Å². The van der Waals surface area contributed by atoms with E-state index in [4.69, 9.17) is 21.1 Å². The highest BCUT2D eigenvalue weighted by atomic mass is 35.5. The molecule has 2 aromatic rings. The molecular formula is C17H13ClO4. The van der Waals surface area contributed by atoms with E-state index in [1.165, 1.54) is 0 Å². The number of aliphatic hydroxyl groups excluding tert-OH is 1. The molecule has 2 aliphatic rings. The molecule has 1 fully saturated rings. The minimum absolute atomic E-state index is 0.195. The number of fused-ring (bicyclic) bond motifs is 1. The van der Waals surface area contributed by atoms with Gasteiger partial charge in [0.15, 0.2) is 6.10 Å². The number of benzene rings is 2. The summed E-state index contributed by atoms with van der Waals surface area (Å²) in [6.45, 7) is 0. The predicted molar refractivity (Wildman–Crippen MR) is 80.3 cm³/mol. The molecule has 1 N–H and O–H groups in total. The summed E-state index contributed by atoms with van der Waals surface area (Å²) in [6, 6.07) is 14.5. The third-order valence-electron chi connectivity index (χ3n) is 4.02. The molecule has 4 unspecified atom stereocenters. The van der Waals surface area contributed by atoms with Crippen molar-refractivity contribution >= 4 is 17.4 Å². The number of aliphatic hydroxyl groups is 1. The molecule has 0 amide bonds. The van der Waals surface area contributed by atoms with Crippen LogP contribution in [-0.4, -0.2) is 29.2 Å². The summed E-state index contributed by atoms with van der Waals surface area (Å²) in [7, 11) is 0. The average molecular weight is 317 g/mol. The van der Waals surface area contributed by atoms with E-state index in [1.54, 1.807) is 18.2 Å². The molecule has 4 nitrogen and oxygen atoms in total. The zero-order valence-corrected chi connectivity index (χ0v) is 12.2. The molecule has 22 heavy (non-hydrogen) atoms. The van der Waals surface area contributed by atoms with Gasteiger partial charge in [-0.05, 0) is 23.8 Å². The smallest absolute Gasteiger partial charge is 0.209 e. The number of Topliss-reactive ketones (excluding diaryl/α,β-unsaturated/α-hetero) is 1. The lowest BCUT2D eigenvalue weighted by atomic mass is 9.99. The second kappa shape index (κ2) is 5.09. The third kappa shape index (κ3) is 2.20. The van der Waals surface area contributed by atoms with Crippen LogP contribution in [-0.2, 0) is 4.74 Å². The van der Waals surface area contributed by atoms with Crippen molar-refractivity contribution < 1.29 is 19.4 Å². The lowest BCUT2D eigenvalue weighted by molar-refractivity contribution is 0.0281. The van der Waals surface area contributed by atoms with Crippen LogP contribution in [0.5, 0.6) is 5.75 Å². The van der Waals surface area contributed by atoms with E-state index in [2.05, 4.69) is 0 Å². The van der Waals surface area contributed by atoms with Crippen molar-refractivity contribution in [1.82, 2.24) is 0 Å². The maximum atomic E-state index is 12.4. The van der Waals surface area contributed by atoms with Gasteiger partial charge in [0, 0.05) is 5.02 Å². The van der Waals surface area contributed by atoms with Crippen LogP contribution < -0.4 is 4.74 Å². The van der Waals surface area contributed by atoms with E-state index in [9.17, 15) is 9.90 Å². The average Bonchev–Trinajstić information content (AvgIpc) is 3.28. The third-order valence-corrected chi connectivity index (χ3v) is 4.25. The zero-order valence-electron chi connectivity index (χ0n) is 11.5. The highest BCUT2D eigenvalue weighted by Gasteiger charge is 2.52. The fourth-order valence-corrected chi connectivity index (χ4v) is 3.00. The first-order valence-corrected chi connectivity index (χ1v) is 7.42. The molecule has 112 valence electrons. The Morgan fingerprint density at radius 3 is 2.68 bits per heavy atom. The Bertz CT molecular complexity index is 731. The van der Waals surface area contributed by atoms with Crippen LogP contribution in [0.25, 0.3) is 0 Å². The summed E-state index contributed by atoms with van der Waals surface area (Å²) >= 11 is 5.90. The Kier molecular flexibility index (Phi) is 3.18. The molecule has 2 heterocycles. The molecule has 4 rings (SSSR count). The molecule has 0 saturated carbocycles. The van der Waals surface area contributed by atoms with Crippen LogP contribution in [0.15, 0.2) is 48.5 Å². The monoisotopic (exact) mass is 316 g/mol. The molecule has 1 saturated heterocycles. The summed E-state index contributed by atoms with van der Waals surface area (Å²) in [5, 5.41) is 10.9. The number of hydrogen-bond acceptors (Lipinski definition) is 4. The molecule has 2 aliphatic heterocycles. The second-order valence-corrected chi connectivity index (χ2v) is 5.90. The normalized spacial score (nSPS) is 27.2. The standard InChI is InChI=1S/C17H13ClO4/c18-10-6-7-12-11(8-10)13(19)16(21-12)14(20)17-15(22-17)9-4-2-1-3-5-9/h1-8,14-17,20H. The van der Waals surface area contributed by atoms with Gasteiger partial charge in [-0.3, -0.25) is 4.79 Å². The molecule has 0 bridgehead atoms. The Morgan fingerprint density at radius 2 is 1.91 bits per heavy atom. The zero-order chi connectivity index (χ0) is 15.3. The lowest BCUT2D eigenvalue weighted by Gasteiger charge is -2.14. The molecule has 0 radical (unpaired) electrons. The highest BCUT2D eigenvalue weighted by molar-refractivity contribution is 6.31. The summed E-state index contributed by atoms with van der Waals surface area (Å²) < 4.78 is 11.1. The van der Waals surface area contributed by atoms with Crippen molar-refractivity contribution in [2.45, 2.75) is 24.4 Å². The molecule has 2 aromatic carbocycles. The number of hydrogen-bond donors (Lipinski definition) is 1. The van der Waals surface area contributed by atoms with Crippen molar-refractivity contribution in [3.63, 3.8) is 0 Å². The molecule has 0 aromatic heterocycles. The van der Waals surface area contributed by atoms with Gasteiger partial charge in [0.1, 0.15) is 24.1 Å². The maximum absolute atomic E-state index is 12.4. The number of carbonyl (C=O) groups is 1. The maximum Gasteiger partial charge on any atom is 0.209 e. The number of ether oxygens (including phenoxy) is 2. The van der Waals surface area contributed by atoms with Crippen molar-refractivity contribution in [2.75, 3.05) is 0 Å². The van der Waals surface area contributed by atoms with Crippen LogP contribution in [0.4, 0.5) is 0 Å². The Morgan fingerprint density at radius 1 is 1.14 bits per heavy atom. The van der Waals surface area contributed by atoms with E-state index in [1.807, 2.05) is 30.3 Å². The number of epoxide rings is 1. The molecular weight excluding hydrogens is 304 g/mol. The van der Waals surface area contributed by atoms with Crippen molar-refractivity contribution in [2.24, 2.45) is 0 Å². The van der Waals surface area contributed by atoms with Gasteiger partial charge in [0.2, 0.25) is 5.78 Å². The van der Waals surface area contributed by atoms with Gasteiger partial charge in [-0.25, -0.2) is 0 Å². The van der Waals surface area contributed by atoms with Gasteiger partial charge in [0.05, 0.1) is 5.56 Å².